The van der Waals surface area contributed by atoms with Gasteiger partial charge in [-0.25, -0.2) is 9.78 Å². The van der Waals surface area contributed by atoms with E-state index in [-0.39, 0.29) is 17.5 Å². The van der Waals surface area contributed by atoms with Gasteiger partial charge in [0.15, 0.2) is 5.69 Å². The fourth-order valence-electron chi connectivity index (χ4n) is 2.04. The Kier molecular flexibility index (Phi) is 5.78. The summed E-state index contributed by atoms with van der Waals surface area (Å²) in [5.41, 5.74) is 0.0261. The Balaban J connectivity index is 1.82. The second-order valence-electron chi connectivity index (χ2n) is 4.71. The Morgan fingerprint density at radius 1 is 1.50 bits per heavy atom. The summed E-state index contributed by atoms with van der Waals surface area (Å²) in [7, 11) is 0. The molecular weight excluding hydrogens is 326 g/mol. The van der Waals surface area contributed by atoms with E-state index < -0.39 is 12.0 Å². The van der Waals surface area contributed by atoms with E-state index in [4.69, 9.17) is 5.11 Å². The molecule has 2 rings (SSSR count). The van der Waals surface area contributed by atoms with Crippen LogP contribution in [-0.4, -0.2) is 57.0 Å². The van der Waals surface area contributed by atoms with Gasteiger partial charge in [0.1, 0.15) is 6.04 Å². The van der Waals surface area contributed by atoms with E-state index in [1.165, 1.54) is 16.7 Å². The van der Waals surface area contributed by atoms with Crippen molar-refractivity contribution in [3.8, 4) is 0 Å². The van der Waals surface area contributed by atoms with E-state index in [0.29, 0.717) is 36.0 Å². The summed E-state index contributed by atoms with van der Waals surface area (Å²) in [5.74, 6) is -0.0711. The molecule has 120 valence electrons. The van der Waals surface area contributed by atoms with E-state index in [1.807, 2.05) is 0 Å². The minimum Gasteiger partial charge on any atom is -0.476 e. The number of thiazole rings is 1. The minimum absolute atomic E-state index is 0.0174. The molecule has 2 heterocycles. The summed E-state index contributed by atoms with van der Waals surface area (Å²) in [4.78, 5) is 40.2. The Bertz CT molecular complexity index is 575. The summed E-state index contributed by atoms with van der Waals surface area (Å²) in [6, 6.07) is -0.414. The molecule has 1 unspecified atom stereocenters. The third kappa shape index (κ3) is 3.98. The maximum atomic E-state index is 12.2. The third-order valence-corrected chi connectivity index (χ3v) is 5.14. The summed E-state index contributed by atoms with van der Waals surface area (Å²) < 4.78 is 0. The van der Waals surface area contributed by atoms with Gasteiger partial charge in [-0.1, -0.05) is 6.92 Å². The molecule has 0 radical (unpaired) electrons. The van der Waals surface area contributed by atoms with Crippen LogP contribution in [0.2, 0.25) is 0 Å². The number of nitrogens with zero attached hydrogens (tertiary/aromatic N) is 2. The average Bonchev–Trinajstić information content (AvgIpc) is 3.15. The second kappa shape index (κ2) is 7.59. The first kappa shape index (κ1) is 16.8. The van der Waals surface area contributed by atoms with Crippen molar-refractivity contribution in [3.05, 3.63) is 16.1 Å². The molecule has 1 aliphatic heterocycles. The zero-order valence-corrected chi connectivity index (χ0v) is 13.7. The molecule has 0 spiro atoms. The van der Waals surface area contributed by atoms with E-state index in [0.717, 1.165) is 0 Å². The van der Waals surface area contributed by atoms with E-state index in [2.05, 4.69) is 10.3 Å². The lowest BCUT2D eigenvalue weighted by Crippen LogP contribution is -2.47. The van der Waals surface area contributed by atoms with Crippen molar-refractivity contribution in [1.29, 1.82) is 0 Å². The number of hydrogen-bond donors (Lipinski definition) is 2. The maximum absolute atomic E-state index is 12.2. The van der Waals surface area contributed by atoms with Gasteiger partial charge in [0, 0.05) is 30.5 Å². The van der Waals surface area contributed by atoms with Crippen LogP contribution in [0.4, 0.5) is 0 Å². The van der Waals surface area contributed by atoms with Crippen LogP contribution >= 0.6 is 23.1 Å². The molecule has 7 nitrogen and oxygen atoms in total. The van der Waals surface area contributed by atoms with Crippen molar-refractivity contribution in [2.75, 3.05) is 18.2 Å². The number of nitrogens with one attached hydrogen (secondary N) is 1. The molecule has 9 heteroatoms. The first-order chi connectivity index (χ1) is 10.5. The highest BCUT2D eigenvalue weighted by Crippen LogP contribution is 2.21. The number of thioether (sulfide) groups is 1. The number of aromatic nitrogens is 1. The van der Waals surface area contributed by atoms with Crippen molar-refractivity contribution in [3.63, 3.8) is 0 Å². The molecule has 1 aromatic heterocycles. The summed E-state index contributed by atoms with van der Waals surface area (Å²) >= 11 is 2.83. The standard InChI is InChI=1S/C13H17N3O4S2/c1-2-11(17)16-7-21-6-9(16)12(18)14-4-3-10-15-8(5-22-10)13(19)20/h5,9H,2-4,6-7H2,1H3,(H,14,18)(H,19,20). The molecule has 0 saturated carbocycles. The van der Waals surface area contributed by atoms with Gasteiger partial charge in [-0.2, -0.15) is 0 Å². The predicted octanol–water partition coefficient (Wildman–Crippen LogP) is 0.812. The van der Waals surface area contributed by atoms with Crippen molar-refractivity contribution < 1.29 is 19.5 Å². The summed E-state index contributed by atoms with van der Waals surface area (Å²) in [6.07, 6.45) is 0.868. The zero-order chi connectivity index (χ0) is 16.1. The Morgan fingerprint density at radius 3 is 2.91 bits per heavy atom. The van der Waals surface area contributed by atoms with Crippen molar-refractivity contribution in [2.24, 2.45) is 0 Å². The maximum Gasteiger partial charge on any atom is 0.355 e. The van der Waals surface area contributed by atoms with E-state index in [9.17, 15) is 14.4 Å². The highest BCUT2D eigenvalue weighted by atomic mass is 32.2. The Morgan fingerprint density at radius 2 is 2.27 bits per heavy atom. The van der Waals surface area contributed by atoms with Gasteiger partial charge in [-0.3, -0.25) is 9.59 Å². The number of carbonyl (C=O) groups excluding carboxylic acids is 2. The van der Waals surface area contributed by atoms with Gasteiger partial charge >= 0.3 is 5.97 Å². The minimum atomic E-state index is -1.05. The first-order valence-electron chi connectivity index (χ1n) is 6.85. The number of carboxylic acids is 1. The number of amides is 2. The molecule has 0 aliphatic carbocycles. The van der Waals surface area contributed by atoms with Crippen LogP contribution in [0.15, 0.2) is 5.38 Å². The SMILES string of the molecule is CCC(=O)N1CSCC1C(=O)NCCc1nc(C(=O)O)cs1. The molecule has 1 saturated heterocycles. The van der Waals surface area contributed by atoms with Crippen molar-refractivity contribution in [2.45, 2.75) is 25.8 Å². The highest BCUT2D eigenvalue weighted by Gasteiger charge is 2.33. The van der Waals surface area contributed by atoms with Crippen molar-refractivity contribution >= 4 is 40.9 Å². The van der Waals surface area contributed by atoms with Gasteiger partial charge in [-0.15, -0.1) is 23.1 Å². The quantitative estimate of drug-likeness (QED) is 0.793. The number of carboxylic acid groups (broad SMARTS) is 1. The molecule has 1 atom stereocenters. The van der Waals surface area contributed by atoms with Crippen LogP contribution in [0.1, 0.15) is 28.8 Å². The highest BCUT2D eigenvalue weighted by molar-refractivity contribution is 7.99. The molecule has 2 N–H and O–H groups in total. The normalized spacial score (nSPS) is 17.5. The lowest BCUT2D eigenvalue weighted by Gasteiger charge is -2.22. The fourth-order valence-corrected chi connectivity index (χ4v) is 4.00. The molecule has 2 amide bonds. The van der Waals surface area contributed by atoms with Crippen LogP contribution in [0, 0.1) is 0 Å². The van der Waals surface area contributed by atoms with E-state index in [1.54, 1.807) is 23.6 Å². The molecular formula is C13H17N3O4S2. The lowest BCUT2D eigenvalue weighted by atomic mass is 10.2. The molecule has 1 fully saturated rings. The molecule has 0 bridgehead atoms. The lowest BCUT2D eigenvalue weighted by molar-refractivity contribution is -0.137. The number of aromatic carboxylic acids is 1. The number of rotatable bonds is 6. The largest absolute Gasteiger partial charge is 0.476 e. The smallest absolute Gasteiger partial charge is 0.355 e. The van der Waals surface area contributed by atoms with Gasteiger partial charge in [0.25, 0.3) is 0 Å². The van der Waals surface area contributed by atoms with E-state index >= 15 is 0 Å². The van der Waals surface area contributed by atoms with Gasteiger partial charge < -0.3 is 15.3 Å². The number of carbonyl (C=O) groups is 3. The van der Waals surface area contributed by atoms with Crippen molar-refractivity contribution in [1.82, 2.24) is 15.2 Å². The van der Waals surface area contributed by atoms with Crippen LogP contribution in [0.25, 0.3) is 0 Å². The summed E-state index contributed by atoms with van der Waals surface area (Å²) in [6.45, 7) is 2.16. The second-order valence-corrected chi connectivity index (χ2v) is 6.65. The summed E-state index contributed by atoms with van der Waals surface area (Å²) in [5, 5.41) is 13.7. The molecule has 1 aromatic rings. The average molecular weight is 343 g/mol. The van der Waals surface area contributed by atoms with Crippen LogP contribution < -0.4 is 5.32 Å². The van der Waals surface area contributed by atoms with Gasteiger partial charge in [0.2, 0.25) is 11.8 Å². The fraction of sp³-hybridized carbons (Fsp3) is 0.538. The van der Waals surface area contributed by atoms with Crippen LogP contribution in [0.5, 0.6) is 0 Å². The first-order valence-corrected chi connectivity index (χ1v) is 8.89. The number of hydrogen-bond acceptors (Lipinski definition) is 6. The Labute approximate surface area is 136 Å². The zero-order valence-electron chi connectivity index (χ0n) is 12.1. The molecule has 1 aliphatic rings. The Hall–Kier alpha value is -1.61. The molecule has 22 heavy (non-hydrogen) atoms. The predicted molar refractivity (Wildman–Crippen MR) is 84.0 cm³/mol. The monoisotopic (exact) mass is 343 g/mol. The third-order valence-electron chi connectivity index (χ3n) is 3.22. The van der Waals surface area contributed by atoms with Gasteiger partial charge in [0.05, 0.1) is 10.9 Å². The van der Waals surface area contributed by atoms with Crippen LogP contribution in [0.3, 0.4) is 0 Å². The van der Waals surface area contributed by atoms with Gasteiger partial charge in [-0.05, 0) is 0 Å². The topological polar surface area (TPSA) is 99.6 Å². The molecule has 0 aromatic carbocycles. The van der Waals surface area contributed by atoms with Crippen LogP contribution in [-0.2, 0) is 16.0 Å².